The number of carbonyl (C=O) groups is 2. The Kier molecular flexibility index (Phi) is 5.53. The minimum absolute atomic E-state index is 0.0305. The van der Waals surface area contributed by atoms with E-state index in [1.807, 2.05) is 58.3 Å². The number of fused-ring (bicyclic) bond motifs is 1. The van der Waals surface area contributed by atoms with Gasteiger partial charge in [0.25, 0.3) is 0 Å². The highest BCUT2D eigenvalue weighted by atomic mass is 16.5. The van der Waals surface area contributed by atoms with Gasteiger partial charge in [-0.3, -0.25) is 9.59 Å². The molecule has 0 unspecified atom stereocenters. The molecule has 0 aromatic heterocycles. The molecule has 2 saturated heterocycles. The van der Waals surface area contributed by atoms with Crippen LogP contribution in [0.3, 0.4) is 0 Å². The first kappa shape index (κ1) is 19.9. The van der Waals surface area contributed by atoms with E-state index < -0.39 is 0 Å². The van der Waals surface area contributed by atoms with Crippen molar-refractivity contribution in [1.82, 2.24) is 9.80 Å². The third kappa shape index (κ3) is 4.11. The molecule has 2 amide bonds. The lowest BCUT2D eigenvalue weighted by atomic mass is 10.0. The van der Waals surface area contributed by atoms with Crippen molar-refractivity contribution in [3.05, 3.63) is 59.7 Å². The Hall–Kier alpha value is -3.02. The van der Waals surface area contributed by atoms with Gasteiger partial charge in [0.1, 0.15) is 0 Å². The lowest BCUT2D eigenvalue weighted by Gasteiger charge is -2.28. The fourth-order valence-electron chi connectivity index (χ4n) is 4.89. The average molecular weight is 421 g/mol. The minimum Gasteiger partial charge on any atom is -0.490 e. The first-order valence-corrected chi connectivity index (χ1v) is 11.2. The Morgan fingerprint density at radius 3 is 2.65 bits per heavy atom. The summed E-state index contributed by atoms with van der Waals surface area (Å²) in [5.74, 6) is 1.43. The van der Waals surface area contributed by atoms with Crippen LogP contribution in [-0.2, 0) is 16.1 Å². The quantitative estimate of drug-likeness (QED) is 0.759. The fraction of sp³-hybridized carbons (Fsp3) is 0.440. The van der Waals surface area contributed by atoms with Gasteiger partial charge in [0.2, 0.25) is 11.8 Å². The second-order valence-electron chi connectivity index (χ2n) is 8.61. The Morgan fingerprint density at radius 1 is 1.00 bits per heavy atom. The van der Waals surface area contributed by atoms with Crippen LogP contribution in [0.25, 0.3) is 0 Å². The van der Waals surface area contributed by atoms with Crippen LogP contribution in [-0.4, -0.2) is 47.9 Å². The van der Waals surface area contributed by atoms with E-state index in [0.29, 0.717) is 32.7 Å². The lowest BCUT2D eigenvalue weighted by molar-refractivity contribution is -0.136. The average Bonchev–Trinajstić information content (AvgIpc) is 3.34. The molecular formula is C25H28N2O4. The van der Waals surface area contributed by atoms with Crippen LogP contribution in [0.15, 0.2) is 48.5 Å². The molecule has 31 heavy (non-hydrogen) atoms. The van der Waals surface area contributed by atoms with E-state index >= 15 is 0 Å². The maximum absolute atomic E-state index is 13.4. The van der Waals surface area contributed by atoms with E-state index in [1.54, 1.807) is 0 Å². The Labute approximate surface area is 182 Å². The summed E-state index contributed by atoms with van der Waals surface area (Å²) in [4.78, 5) is 29.8. The summed E-state index contributed by atoms with van der Waals surface area (Å²) < 4.78 is 11.6. The van der Waals surface area contributed by atoms with E-state index in [4.69, 9.17) is 9.47 Å². The Bertz CT molecular complexity index is 961. The van der Waals surface area contributed by atoms with E-state index in [1.165, 1.54) is 0 Å². The number of benzene rings is 2. The molecular weight excluding hydrogens is 392 g/mol. The molecule has 0 spiro atoms. The lowest BCUT2D eigenvalue weighted by Crippen LogP contribution is -2.37. The van der Waals surface area contributed by atoms with Crippen molar-refractivity contribution in [2.24, 2.45) is 5.92 Å². The second kappa shape index (κ2) is 8.61. The maximum Gasteiger partial charge on any atom is 0.228 e. The predicted molar refractivity (Wildman–Crippen MR) is 116 cm³/mol. The van der Waals surface area contributed by atoms with Crippen molar-refractivity contribution in [2.75, 3.05) is 26.3 Å². The number of nitrogens with zero attached hydrogens (tertiary/aromatic N) is 2. The maximum atomic E-state index is 13.4. The molecule has 0 N–H and O–H groups in total. The molecule has 6 nitrogen and oxygen atoms in total. The zero-order chi connectivity index (χ0) is 21.2. The van der Waals surface area contributed by atoms with Gasteiger partial charge in [-0.15, -0.1) is 0 Å². The van der Waals surface area contributed by atoms with E-state index in [-0.39, 0.29) is 23.8 Å². The zero-order valence-corrected chi connectivity index (χ0v) is 17.7. The number of rotatable bonds is 4. The summed E-state index contributed by atoms with van der Waals surface area (Å²) in [6.45, 7) is 3.11. The summed E-state index contributed by atoms with van der Waals surface area (Å²) in [6.07, 6.45) is 3.07. The fourth-order valence-corrected chi connectivity index (χ4v) is 4.89. The van der Waals surface area contributed by atoms with Crippen molar-refractivity contribution < 1.29 is 19.1 Å². The van der Waals surface area contributed by atoms with Gasteiger partial charge in [-0.05, 0) is 36.1 Å². The summed E-state index contributed by atoms with van der Waals surface area (Å²) in [5.41, 5.74) is 2.18. The number of amides is 2. The highest BCUT2D eigenvalue weighted by Crippen LogP contribution is 2.39. The van der Waals surface area contributed by atoms with Crippen molar-refractivity contribution >= 4 is 11.8 Å². The van der Waals surface area contributed by atoms with Crippen LogP contribution in [0.1, 0.15) is 42.9 Å². The molecule has 0 radical (unpaired) electrons. The number of carbonyl (C=O) groups excluding carboxylic acids is 2. The molecule has 2 aromatic rings. The molecule has 162 valence electrons. The summed E-state index contributed by atoms with van der Waals surface area (Å²) in [7, 11) is 0. The third-order valence-electron chi connectivity index (χ3n) is 6.47. The third-order valence-corrected chi connectivity index (χ3v) is 6.47. The summed E-state index contributed by atoms with van der Waals surface area (Å²) in [6, 6.07) is 16.0. The molecule has 2 atom stereocenters. The number of likely N-dealkylation sites (tertiary alicyclic amines) is 2. The monoisotopic (exact) mass is 420 g/mol. The predicted octanol–water partition coefficient (Wildman–Crippen LogP) is 3.56. The van der Waals surface area contributed by atoms with Gasteiger partial charge in [-0.25, -0.2) is 0 Å². The molecule has 3 heterocycles. The van der Waals surface area contributed by atoms with Crippen molar-refractivity contribution in [2.45, 2.75) is 38.3 Å². The molecule has 2 fully saturated rings. The van der Waals surface area contributed by atoms with Crippen LogP contribution in [0.5, 0.6) is 11.5 Å². The first-order chi connectivity index (χ1) is 15.2. The van der Waals surface area contributed by atoms with Crippen LogP contribution < -0.4 is 9.47 Å². The van der Waals surface area contributed by atoms with Gasteiger partial charge < -0.3 is 19.3 Å². The normalized spacial score (nSPS) is 23.2. The SMILES string of the molecule is O=C1C[C@H](C(=O)N2CCC[C@@H]2c2ccc3c(c2)OCCCO3)CN1Cc1ccccc1. The van der Waals surface area contributed by atoms with Crippen molar-refractivity contribution in [3.63, 3.8) is 0 Å². The molecule has 5 rings (SSSR count). The molecule has 0 bridgehead atoms. The number of hydrogen-bond acceptors (Lipinski definition) is 4. The van der Waals surface area contributed by atoms with Gasteiger partial charge in [-0.1, -0.05) is 36.4 Å². The minimum atomic E-state index is -0.266. The van der Waals surface area contributed by atoms with Gasteiger partial charge in [-0.2, -0.15) is 0 Å². The number of ether oxygens (including phenoxy) is 2. The van der Waals surface area contributed by atoms with E-state index in [9.17, 15) is 9.59 Å². The summed E-state index contributed by atoms with van der Waals surface area (Å²) >= 11 is 0. The highest BCUT2D eigenvalue weighted by Gasteiger charge is 2.40. The van der Waals surface area contributed by atoms with Gasteiger partial charge in [0.15, 0.2) is 11.5 Å². The van der Waals surface area contributed by atoms with Crippen molar-refractivity contribution in [3.8, 4) is 11.5 Å². The number of hydrogen-bond donors (Lipinski definition) is 0. The molecule has 0 saturated carbocycles. The first-order valence-electron chi connectivity index (χ1n) is 11.2. The van der Waals surface area contributed by atoms with Crippen LogP contribution in [0, 0.1) is 5.92 Å². The smallest absolute Gasteiger partial charge is 0.228 e. The molecule has 3 aliphatic heterocycles. The van der Waals surface area contributed by atoms with E-state index in [0.717, 1.165) is 48.4 Å². The molecule has 6 heteroatoms. The van der Waals surface area contributed by atoms with Gasteiger partial charge >= 0.3 is 0 Å². The Balaban J connectivity index is 1.29. The molecule has 2 aromatic carbocycles. The standard InChI is InChI=1S/C25H28N2O4/c28-24-15-20(17-26(24)16-18-6-2-1-3-7-18)25(29)27-11-4-8-21(27)19-9-10-22-23(14-19)31-13-5-12-30-22/h1-3,6-7,9-10,14,20-21H,4-5,8,11-13,15-17H2/t20-,21+/m0/s1. The topological polar surface area (TPSA) is 59.1 Å². The van der Waals surface area contributed by atoms with Crippen LogP contribution in [0.4, 0.5) is 0 Å². The molecule has 3 aliphatic rings. The van der Waals surface area contributed by atoms with Gasteiger partial charge in [0.05, 0.1) is 25.2 Å². The van der Waals surface area contributed by atoms with Crippen LogP contribution >= 0.6 is 0 Å². The summed E-state index contributed by atoms with van der Waals surface area (Å²) in [5, 5.41) is 0. The van der Waals surface area contributed by atoms with E-state index in [2.05, 4.69) is 0 Å². The second-order valence-corrected chi connectivity index (χ2v) is 8.61. The zero-order valence-electron chi connectivity index (χ0n) is 17.7. The van der Waals surface area contributed by atoms with Crippen molar-refractivity contribution in [1.29, 1.82) is 0 Å². The molecule has 0 aliphatic carbocycles. The largest absolute Gasteiger partial charge is 0.490 e. The Morgan fingerprint density at radius 2 is 1.81 bits per heavy atom. The van der Waals surface area contributed by atoms with Crippen LogP contribution in [0.2, 0.25) is 0 Å². The van der Waals surface area contributed by atoms with Gasteiger partial charge in [0, 0.05) is 32.5 Å². The highest BCUT2D eigenvalue weighted by molar-refractivity contribution is 5.89.